The van der Waals surface area contributed by atoms with Crippen molar-refractivity contribution in [1.82, 2.24) is 0 Å². The molecule has 1 aromatic carbocycles. The number of fused-ring (bicyclic) bond motifs is 1. The molecule has 1 atom stereocenters. The lowest BCUT2D eigenvalue weighted by Crippen LogP contribution is -2.43. The van der Waals surface area contributed by atoms with E-state index < -0.39 is 16.1 Å². The average Bonchev–Trinajstić information content (AvgIpc) is 2.76. The van der Waals surface area contributed by atoms with Crippen molar-refractivity contribution < 1.29 is 0 Å². The third kappa shape index (κ3) is 2.93. The zero-order chi connectivity index (χ0) is 17.8. The molecule has 1 aliphatic carbocycles. The van der Waals surface area contributed by atoms with Crippen LogP contribution in [0.1, 0.15) is 58.2 Å². The second-order valence-corrected chi connectivity index (χ2v) is 21.3. The molecule has 1 aliphatic rings. The highest BCUT2D eigenvalue weighted by molar-refractivity contribution is 6.97. The van der Waals surface area contributed by atoms with Crippen LogP contribution in [0.2, 0.25) is 36.3 Å². The molecule has 1 aromatic rings. The second kappa shape index (κ2) is 5.45. The minimum atomic E-state index is -1.52. The lowest BCUT2D eigenvalue weighted by molar-refractivity contribution is 0.705. The minimum Gasteiger partial charge on any atom is -0.0798 e. The van der Waals surface area contributed by atoms with Crippen molar-refractivity contribution in [3.05, 3.63) is 41.5 Å². The molecule has 0 fully saturated rings. The first kappa shape index (κ1) is 18.7. The number of hydrogen-bond donors (Lipinski definition) is 0. The van der Waals surface area contributed by atoms with Crippen molar-refractivity contribution in [2.75, 3.05) is 0 Å². The molecule has 0 aliphatic heterocycles. The van der Waals surface area contributed by atoms with Crippen LogP contribution in [0, 0.1) is 0 Å². The Balaban J connectivity index is 2.66. The Kier molecular flexibility index (Phi) is 4.44. The Labute approximate surface area is 146 Å². The Morgan fingerprint density at radius 3 is 1.78 bits per heavy atom. The van der Waals surface area contributed by atoms with Gasteiger partial charge in [-0.15, -0.1) is 0 Å². The van der Waals surface area contributed by atoms with Crippen molar-refractivity contribution in [3.63, 3.8) is 0 Å². The molecule has 0 radical (unpaired) electrons. The largest absolute Gasteiger partial charge is 0.0863 e. The Hall–Kier alpha value is -0.606. The van der Waals surface area contributed by atoms with Gasteiger partial charge >= 0.3 is 0 Å². The fraction of sp³-hybridized carbons (Fsp3) is 0.619. The first-order valence-corrected chi connectivity index (χ1v) is 15.1. The molecule has 23 heavy (non-hydrogen) atoms. The van der Waals surface area contributed by atoms with Crippen LogP contribution in [0.15, 0.2) is 30.3 Å². The SMILES string of the molecule is CC(C)(C)[Si](C)(C)C1=CC([Si](C)(C)C(C)(C)C)c2ccccc21. The molecule has 2 rings (SSSR count). The van der Waals surface area contributed by atoms with Crippen LogP contribution in [-0.4, -0.2) is 16.1 Å². The molecular formula is C21H36Si2. The molecule has 0 bridgehead atoms. The summed E-state index contributed by atoms with van der Waals surface area (Å²) in [5.41, 5.74) is 3.83. The van der Waals surface area contributed by atoms with Gasteiger partial charge in [-0.3, -0.25) is 0 Å². The van der Waals surface area contributed by atoms with Gasteiger partial charge in [-0.1, -0.05) is 103 Å². The lowest BCUT2D eigenvalue weighted by atomic mass is 10.1. The summed E-state index contributed by atoms with van der Waals surface area (Å²) in [7, 11) is -2.98. The molecule has 0 saturated heterocycles. The van der Waals surface area contributed by atoms with Crippen LogP contribution in [0.5, 0.6) is 0 Å². The van der Waals surface area contributed by atoms with Crippen molar-refractivity contribution in [2.24, 2.45) is 0 Å². The number of rotatable bonds is 2. The number of benzene rings is 1. The van der Waals surface area contributed by atoms with Gasteiger partial charge in [0.2, 0.25) is 0 Å². The van der Waals surface area contributed by atoms with Crippen molar-refractivity contribution in [1.29, 1.82) is 0 Å². The zero-order valence-electron chi connectivity index (χ0n) is 17.0. The Bertz CT molecular complexity index is 622. The summed E-state index contributed by atoms with van der Waals surface area (Å²) in [6.07, 6.45) is 2.71. The van der Waals surface area contributed by atoms with E-state index in [1.807, 2.05) is 0 Å². The van der Waals surface area contributed by atoms with E-state index in [0.717, 1.165) is 0 Å². The van der Waals surface area contributed by atoms with E-state index >= 15 is 0 Å². The predicted octanol–water partition coefficient (Wildman–Crippen LogP) is 7.26. The minimum absolute atomic E-state index is 0.383. The quantitative estimate of drug-likeness (QED) is 0.495. The van der Waals surface area contributed by atoms with E-state index in [2.05, 4.69) is 98.1 Å². The molecule has 2 heteroatoms. The molecular weight excluding hydrogens is 308 g/mol. The fourth-order valence-electron chi connectivity index (χ4n) is 3.37. The number of allylic oxidation sites excluding steroid dienone is 1. The molecule has 128 valence electrons. The van der Waals surface area contributed by atoms with E-state index in [1.165, 1.54) is 0 Å². The standard InChI is InChI=1S/C21H36Si2/c1-20(2,3)22(7,8)18-15-19(23(9,10)21(4,5)6)17-14-12-11-13-16(17)18/h11-15,18H,1-10H3. The molecule has 0 N–H and O–H groups in total. The predicted molar refractivity (Wildman–Crippen MR) is 112 cm³/mol. The first-order valence-electron chi connectivity index (χ1n) is 9.03. The third-order valence-electron chi connectivity index (χ3n) is 7.18. The van der Waals surface area contributed by atoms with Crippen molar-refractivity contribution >= 4 is 21.3 Å². The Morgan fingerprint density at radius 1 is 0.783 bits per heavy atom. The average molecular weight is 345 g/mol. The summed E-state index contributed by atoms with van der Waals surface area (Å²) < 4.78 is 0. The van der Waals surface area contributed by atoms with Crippen LogP contribution in [0.4, 0.5) is 0 Å². The van der Waals surface area contributed by atoms with Crippen LogP contribution in [0.3, 0.4) is 0 Å². The molecule has 0 heterocycles. The summed E-state index contributed by atoms with van der Waals surface area (Å²) in [6, 6.07) is 9.25. The lowest BCUT2D eigenvalue weighted by Gasteiger charge is -2.42. The fourth-order valence-corrected chi connectivity index (χ4v) is 8.38. The van der Waals surface area contributed by atoms with E-state index in [4.69, 9.17) is 0 Å². The van der Waals surface area contributed by atoms with Gasteiger partial charge in [-0.25, -0.2) is 0 Å². The first-order chi connectivity index (χ1) is 10.2. The highest BCUT2D eigenvalue weighted by Crippen LogP contribution is 2.54. The molecule has 1 unspecified atom stereocenters. The van der Waals surface area contributed by atoms with E-state index in [1.54, 1.807) is 16.3 Å². The highest BCUT2D eigenvalue weighted by Gasteiger charge is 2.48. The smallest absolute Gasteiger partial charge is 0.0798 e. The summed E-state index contributed by atoms with van der Waals surface area (Å²) >= 11 is 0. The van der Waals surface area contributed by atoms with Gasteiger partial charge < -0.3 is 0 Å². The molecule has 0 spiro atoms. The van der Waals surface area contributed by atoms with Gasteiger partial charge in [0.1, 0.15) is 0 Å². The van der Waals surface area contributed by atoms with E-state index in [9.17, 15) is 0 Å². The van der Waals surface area contributed by atoms with Gasteiger partial charge in [0.25, 0.3) is 0 Å². The summed E-state index contributed by atoms with van der Waals surface area (Å²) in [6.45, 7) is 24.9. The summed E-state index contributed by atoms with van der Waals surface area (Å²) in [5.74, 6) is 0. The van der Waals surface area contributed by atoms with Crippen LogP contribution < -0.4 is 0 Å². The van der Waals surface area contributed by atoms with Crippen molar-refractivity contribution in [3.8, 4) is 0 Å². The van der Waals surface area contributed by atoms with Gasteiger partial charge in [0, 0.05) is 0 Å². The van der Waals surface area contributed by atoms with E-state index in [0.29, 0.717) is 15.6 Å². The summed E-state index contributed by atoms with van der Waals surface area (Å²) in [4.78, 5) is 0. The third-order valence-corrected chi connectivity index (χ3v) is 18.6. The maximum Gasteiger partial charge on any atom is 0.0863 e. The zero-order valence-corrected chi connectivity index (χ0v) is 19.0. The van der Waals surface area contributed by atoms with Gasteiger partial charge in [0.15, 0.2) is 0 Å². The van der Waals surface area contributed by atoms with Crippen LogP contribution in [0.25, 0.3) is 5.20 Å². The normalized spacial score (nSPS) is 19.6. The molecule has 0 amide bonds. The van der Waals surface area contributed by atoms with Crippen molar-refractivity contribution in [2.45, 2.75) is 83.3 Å². The highest BCUT2D eigenvalue weighted by atomic mass is 28.3. The van der Waals surface area contributed by atoms with Crippen LogP contribution in [-0.2, 0) is 0 Å². The molecule has 0 saturated carbocycles. The maximum absolute atomic E-state index is 2.71. The van der Waals surface area contributed by atoms with E-state index in [-0.39, 0.29) is 0 Å². The maximum atomic E-state index is 2.71. The summed E-state index contributed by atoms with van der Waals surface area (Å²) in [5, 5.41) is 2.49. The topological polar surface area (TPSA) is 0 Å². The van der Waals surface area contributed by atoms with Gasteiger partial charge in [-0.2, -0.15) is 0 Å². The van der Waals surface area contributed by atoms with Gasteiger partial charge in [-0.05, 0) is 26.7 Å². The van der Waals surface area contributed by atoms with Crippen LogP contribution >= 0.6 is 0 Å². The second-order valence-electron chi connectivity index (χ2n) is 10.5. The number of hydrogen-bond acceptors (Lipinski definition) is 0. The van der Waals surface area contributed by atoms with Gasteiger partial charge in [0.05, 0.1) is 16.1 Å². The monoisotopic (exact) mass is 344 g/mol. The Morgan fingerprint density at radius 2 is 1.30 bits per heavy atom. The molecule has 0 aromatic heterocycles. The molecule has 0 nitrogen and oxygen atoms in total.